The third-order valence-corrected chi connectivity index (χ3v) is 26.6. The molecule has 0 saturated carbocycles. The summed E-state index contributed by atoms with van der Waals surface area (Å²) in [5.41, 5.74) is 22.0. The fourth-order valence-corrected chi connectivity index (χ4v) is 22.9. The SMILES string of the molecule is CC[C@@]12C[C@@]3(C)O[C@@H]1C(c1ccc(N4CCCCC4)cc1)=CN1CCc4c(n3c3ccccc43)[C@@H]12.CC[C@@]12C[C@@]3(C)O[C@@H]1C(c1cccc(OC)c1)=CN1CCc4c(n3c3ccccc43)[C@@H]12.CC[C@@]12C[C@@]3(C)O[C@@H]1C(c1ccccc1)=CN1CCc4c(n3c3ccccc43)[C@@H]12.O=C=O.O=C=O.O=C=O. The molecule has 16 heterocycles. The number of aromatic nitrogens is 3. The van der Waals surface area contributed by atoms with Gasteiger partial charge in [-0.05, 0) is 154 Å². The Labute approximate surface area is 606 Å². The molecule has 22 rings (SSSR count). The van der Waals surface area contributed by atoms with Crippen LogP contribution in [-0.2, 0) is 79.4 Å². The molecule has 0 radical (unpaired) electrons. The normalized spacial score (nSPS) is 30.4. The number of ether oxygens (including phenoxy) is 4. The van der Waals surface area contributed by atoms with Crippen LogP contribution in [0.25, 0.3) is 49.4 Å². The molecule has 6 bridgehead atoms. The third kappa shape index (κ3) is 9.49. The van der Waals surface area contributed by atoms with Crippen molar-refractivity contribution in [2.45, 2.75) is 172 Å². The fraction of sp³-hybridized carbons (Fsp3) is 0.414. The number of nitrogens with zero attached hydrogens (tertiary/aromatic N) is 7. The van der Waals surface area contributed by atoms with Crippen LogP contribution in [0.3, 0.4) is 0 Å². The summed E-state index contributed by atoms with van der Waals surface area (Å²) in [4.78, 5) is 59.3. The van der Waals surface area contributed by atoms with Gasteiger partial charge in [0.15, 0.2) is 0 Å². The van der Waals surface area contributed by atoms with E-state index < -0.39 is 0 Å². The standard InChI is InChI=1S/C31H35N3O.C27H28N2O2.C26H26N2O.3CO2/c1-3-31-20-30(2)34-26-10-6-5-9-23(26)24-15-18-33(28(31)27(24)34)19-25(29(31)35-30)21-11-13-22(14-12-21)32-16-7-4-8-17-32;1-4-27-16-26(2)29-22-11-6-5-10-19(22)20-12-13-28(24(27)23(20)29)15-21(25(27)31-26)17-8-7-9-18(14-17)30-3;1-3-26-16-25(2)28-21-12-8-7-11-18(21)19-13-14-27(23(26)22(19)28)15-20(24(26)29-25)17-9-5-4-6-10-17;3*2-1-3/h5-6,9-14,19,28-29H,3-4,7-8,15-18,20H2,1-2H3;5-11,14-15,24-25H,4,12-13,16H2,1-3H3;4-12,15,23-24H,3,13-14,16H2,1-2H3;;;/t28-,29-,30-,31+;24-,25-,26-,27+;23-,24-,25-,26+;;;/m111.../s1. The number of para-hydroxylation sites is 3. The van der Waals surface area contributed by atoms with Crippen molar-refractivity contribution in [1.82, 2.24) is 28.4 Å². The average molecular weight is 1390 g/mol. The average Bonchev–Trinajstić information content (AvgIpc) is 1.51. The molecule has 13 aliphatic heterocycles. The zero-order valence-electron chi connectivity index (χ0n) is 60.4. The molecule has 9 aromatic rings. The molecule has 0 N–H and O–H groups in total. The van der Waals surface area contributed by atoms with E-state index in [-0.39, 0.29) is 70.2 Å². The summed E-state index contributed by atoms with van der Waals surface area (Å²) < 4.78 is 34.7. The summed E-state index contributed by atoms with van der Waals surface area (Å²) in [7, 11) is 1.74. The predicted octanol–water partition coefficient (Wildman–Crippen LogP) is 15.6. The van der Waals surface area contributed by atoms with E-state index >= 15 is 0 Å². The molecule has 4 fully saturated rings. The lowest BCUT2D eigenvalue weighted by atomic mass is 9.62. The number of methoxy groups -OCH3 is 1. The third-order valence-electron chi connectivity index (χ3n) is 26.6. The molecule has 6 aromatic carbocycles. The van der Waals surface area contributed by atoms with Crippen LogP contribution in [0.1, 0.15) is 168 Å². The van der Waals surface area contributed by atoms with E-state index in [4.69, 9.17) is 47.7 Å². The van der Waals surface area contributed by atoms with E-state index in [1.54, 1.807) is 23.8 Å². The Balaban J connectivity index is 0.000000109. The van der Waals surface area contributed by atoms with E-state index in [9.17, 15) is 0 Å². The molecule has 0 unspecified atom stereocenters. The summed E-state index contributed by atoms with van der Waals surface area (Å²) in [5, 5.41) is 4.28. The number of benzene rings is 6. The molecule has 0 spiro atoms. The first-order valence-electron chi connectivity index (χ1n) is 37.5. The van der Waals surface area contributed by atoms with Gasteiger partial charge in [-0.25, -0.2) is 0 Å². The van der Waals surface area contributed by atoms with Gasteiger partial charge < -0.3 is 52.2 Å². The van der Waals surface area contributed by atoms with Crippen molar-refractivity contribution in [2.24, 2.45) is 16.2 Å². The maximum Gasteiger partial charge on any atom is 0.373 e. The largest absolute Gasteiger partial charge is 0.497 e. The van der Waals surface area contributed by atoms with Crippen molar-refractivity contribution in [3.8, 4) is 5.75 Å². The Morgan fingerprint density at radius 1 is 0.413 bits per heavy atom. The van der Waals surface area contributed by atoms with Crippen molar-refractivity contribution in [1.29, 1.82) is 0 Å². The molecule has 12 atom stereocenters. The van der Waals surface area contributed by atoms with Crippen molar-refractivity contribution >= 4 is 73.6 Å². The molecule has 3 aromatic heterocycles. The van der Waals surface area contributed by atoms with Crippen LogP contribution < -0.4 is 9.64 Å². The summed E-state index contributed by atoms with van der Waals surface area (Å²) in [5.74, 6) is 0.899. The number of hydrogen-bond acceptors (Lipinski definition) is 14. The number of anilines is 1. The van der Waals surface area contributed by atoms with Crippen molar-refractivity contribution < 1.29 is 47.7 Å². The maximum absolute atomic E-state index is 8.12. The highest BCUT2D eigenvalue weighted by molar-refractivity contribution is 5.90. The van der Waals surface area contributed by atoms with E-state index in [0.717, 1.165) is 83.2 Å². The van der Waals surface area contributed by atoms with E-state index in [1.807, 2.05) is 6.07 Å². The van der Waals surface area contributed by atoms with Gasteiger partial charge in [-0.3, -0.25) is 0 Å². The zero-order chi connectivity index (χ0) is 71.8. The molecule has 532 valence electrons. The highest BCUT2D eigenvalue weighted by atomic mass is 16.5. The first-order valence-corrected chi connectivity index (χ1v) is 37.5. The van der Waals surface area contributed by atoms with Crippen LogP contribution >= 0.6 is 0 Å². The quantitative estimate of drug-likeness (QED) is 0.141. The Hall–Kier alpha value is -9.82. The molecule has 17 heteroatoms. The van der Waals surface area contributed by atoms with Gasteiger partial charge in [-0.2, -0.15) is 28.8 Å². The zero-order valence-corrected chi connectivity index (χ0v) is 60.4. The number of rotatable bonds is 8. The Morgan fingerprint density at radius 3 is 1.13 bits per heavy atom. The molecule has 13 aliphatic rings. The van der Waals surface area contributed by atoms with Crippen molar-refractivity contribution in [3.63, 3.8) is 0 Å². The van der Waals surface area contributed by atoms with Gasteiger partial charge in [-0.1, -0.05) is 130 Å². The minimum atomic E-state index is -0.324. The van der Waals surface area contributed by atoms with Crippen molar-refractivity contribution in [3.05, 3.63) is 221 Å². The van der Waals surface area contributed by atoms with Crippen molar-refractivity contribution in [2.75, 3.05) is 44.7 Å². The minimum absolute atomic E-state index is 0.0838. The number of hydrogen-bond donors (Lipinski definition) is 0. The topological polar surface area (TPSA) is 167 Å². The fourth-order valence-electron chi connectivity index (χ4n) is 22.9. The molecule has 104 heavy (non-hydrogen) atoms. The van der Waals surface area contributed by atoms with Crippen LogP contribution in [0.15, 0.2) is 170 Å². The highest BCUT2D eigenvalue weighted by Crippen LogP contribution is 2.72. The summed E-state index contributed by atoms with van der Waals surface area (Å²) in [6.07, 6.45) is 22.3. The molecule has 0 aliphatic carbocycles. The van der Waals surface area contributed by atoms with E-state index in [2.05, 4.69) is 239 Å². The van der Waals surface area contributed by atoms with Gasteiger partial charge in [0.25, 0.3) is 0 Å². The van der Waals surface area contributed by atoms with Gasteiger partial charge in [0.1, 0.15) is 22.9 Å². The second-order valence-corrected chi connectivity index (χ2v) is 31.3. The monoisotopic (exact) mass is 1390 g/mol. The smallest absolute Gasteiger partial charge is 0.373 e. The van der Waals surface area contributed by atoms with Gasteiger partial charge in [0, 0.05) is 142 Å². The molecular formula is C87H89N7O10. The van der Waals surface area contributed by atoms with Crippen LogP contribution in [0.2, 0.25) is 0 Å². The lowest BCUT2D eigenvalue weighted by Crippen LogP contribution is -2.53. The molecular weight excluding hydrogens is 1300 g/mol. The Bertz CT molecular complexity index is 5090. The van der Waals surface area contributed by atoms with Crippen LogP contribution in [-0.4, -0.2) is 105 Å². The first-order chi connectivity index (χ1) is 50.6. The lowest BCUT2D eigenvalue weighted by molar-refractivity contribution is -0.193. The second-order valence-electron chi connectivity index (χ2n) is 31.3. The summed E-state index contributed by atoms with van der Waals surface area (Å²) in [6, 6.07) is 56.9. The summed E-state index contributed by atoms with van der Waals surface area (Å²) >= 11 is 0. The van der Waals surface area contributed by atoms with E-state index in [0.29, 0.717) is 18.1 Å². The molecule has 0 amide bonds. The summed E-state index contributed by atoms with van der Waals surface area (Å²) in [6.45, 7) is 19.7. The van der Waals surface area contributed by atoms with Gasteiger partial charge in [0.05, 0.1) is 60.1 Å². The molecule has 17 nitrogen and oxygen atoms in total. The van der Waals surface area contributed by atoms with E-state index in [1.165, 1.54) is 121 Å². The van der Waals surface area contributed by atoms with Gasteiger partial charge in [0.2, 0.25) is 0 Å². The maximum atomic E-state index is 8.12. The predicted molar refractivity (Wildman–Crippen MR) is 394 cm³/mol. The number of carbonyl (C=O) groups excluding carboxylic acids is 6. The van der Waals surface area contributed by atoms with Crippen LogP contribution in [0.4, 0.5) is 5.69 Å². The van der Waals surface area contributed by atoms with Gasteiger partial charge in [-0.15, -0.1) is 0 Å². The van der Waals surface area contributed by atoms with Crippen LogP contribution in [0.5, 0.6) is 5.75 Å². The minimum Gasteiger partial charge on any atom is -0.497 e. The lowest BCUT2D eigenvalue weighted by Gasteiger charge is -2.54. The Kier molecular flexibility index (Phi) is 16.3. The first kappa shape index (κ1) is 67.4. The Morgan fingerprint density at radius 2 is 0.760 bits per heavy atom. The number of fused-ring (bicyclic) bond motifs is 15. The highest BCUT2D eigenvalue weighted by Gasteiger charge is 2.70. The number of piperidine rings is 1. The van der Waals surface area contributed by atoms with Crippen LogP contribution in [0, 0.1) is 16.2 Å². The molecule has 4 saturated heterocycles. The second kappa shape index (κ2) is 25.2. The van der Waals surface area contributed by atoms with Gasteiger partial charge >= 0.3 is 18.5 Å².